The first kappa shape index (κ1) is 10.7. The van der Waals surface area contributed by atoms with Gasteiger partial charge in [-0.1, -0.05) is 6.08 Å². The molecule has 0 bridgehead atoms. The normalized spacial score (nSPS) is 29.4. The van der Waals surface area contributed by atoms with Crippen molar-refractivity contribution in [2.75, 3.05) is 7.11 Å². The quantitative estimate of drug-likeness (QED) is 0.484. The van der Waals surface area contributed by atoms with Crippen LogP contribution >= 0.6 is 0 Å². The van der Waals surface area contributed by atoms with E-state index in [1.807, 2.05) is 6.08 Å². The molecule has 0 spiro atoms. The summed E-state index contributed by atoms with van der Waals surface area (Å²) < 4.78 is 10.9. The van der Waals surface area contributed by atoms with Crippen LogP contribution in [0, 0.1) is 0 Å². The van der Waals surface area contributed by atoms with Crippen LogP contribution in [0.1, 0.15) is 33.6 Å². The van der Waals surface area contributed by atoms with Crippen molar-refractivity contribution < 1.29 is 9.47 Å². The Kier molecular flexibility index (Phi) is 2.83. The second-order valence-corrected chi connectivity index (χ2v) is 4.47. The molecule has 0 amide bonds. The van der Waals surface area contributed by atoms with Crippen molar-refractivity contribution in [2.24, 2.45) is 0 Å². The van der Waals surface area contributed by atoms with E-state index in [0.717, 1.165) is 12.8 Å². The summed E-state index contributed by atoms with van der Waals surface area (Å²) in [6.07, 6.45) is 4.29. The van der Waals surface area contributed by atoms with Crippen LogP contribution in [0.25, 0.3) is 0 Å². The SMILES string of the molecule is C=CC(C)(CCC1OC1(C)C)OC. The highest BCUT2D eigenvalue weighted by Gasteiger charge is 2.47. The van der Waals surface area contributed by atoms with E-state index >= 15 is 0 Å². The first-order valence-electron chi connectivity index (χ1n) is 4.80. The summed E-state index contributed by atoms with van der Waals surface area (Å²) >= 11 is 0. The van der Waals surface area contributed by atoms with E-state index in [1.165, 1.54) is 0 Å². The molecule has 2 heteroatoms. The zero-order valence-corrected chi connectivity index (χ0v) is 9.09. The fourth-order valence-electron chi connectivity index (χ4n) is 1.44. The van der Waals surface area contributed by atoms with Gasteiger partial charge in [0.15, 0.2) is 0 Å². The fraction of sp³-hybridized carbons (Fsp3) is 0.818. The number of hydrogen-bond donors (Lipinski definition) is 0. The maximum absolute atomic E-state index is 5.50. The van der Waals surface area contributed by atoms with E-state index < -0.39 is 0 Å². The van der Waals surface area contributed by atoms with Gasteiger partial charge in [-0.25, -0.2) is 0 Å². The van der Waals surface area contributed by atoms with Crippen LogP contribution in [0.2, 0.25) is 0 Å². The Morgan fingerprint density at radius 3 is 2.46 bits per heavy atom. The summed E-state index contributed by atoms with van der Waals surface area (Å²) in [4.78, 5) is 0. The summed E-state index contributed by atoms with van der Waals surface area (Å²) in [5, 5.41) is 0. The van der Waals surface area contributed by atoms with Gasteiger partial charge in [0, 0.05) is 7.11 Å². The van der Waals surface area contributed by atoms with Crippen LogP contribution in [-0.2, 0) is 9.47 Å². The average Bonchev–Trinajstić information content (AvgIpc) is 2.70. The van der Waals surface area contributed by atoms with Gasteiger partial charge >= 0.3 is 0 Å². The highest BCUT2D eigenvalue weighted by molar-refractivity contribution is 4.99. The zero-order valence-electron chi connectivity index (χ0n) is 9.09. The van der Waals surface area contributed by atoms with E-state index in [4.69, 9.17) is 9.47 Å². The van der Waals surface area contributed by atoms with E-state index in [-0.39, 0.29) is 11.2 Å². The molecule has 0 saturated carbocycles. The topological polar surface area (TPSA) is 21.8 Å². The Morgan fingerprint density at radius 1 is 1.62 bits per heavy atom. The summed E-state index contributed by atoms with van der Waals surface area (Å²) in [6, 6.07) is 0. The van der Waals surface area contributed by atoms with Gasteiger partial charge in [0.2, 0.25) is 0 Å². The zero-order chi connectivity index (χ0) is 10.1. The van der Waals surface area contributed by atoms with E-state index in [1.54, 1.807) is 7.11 Å². The van der Waals surface area contributed by atoms with Crippen molar-refractivity contribution >= 4 is 0 Å². The Hall–Kier alpha value is -0.340. The molecule has 0 aromatic carbocycles. The van der Waals surface area contributed by atoms with Crippen molar-refractivity contribution in [3.63, 3.8) is 0 Å². The van der Waals surface area contributed by atoms with Crippen LogP contribution in [0.4, 0.5) is 0 Å². The molecule has 0 aromatic rings. The molecule has 2 unspecified atom stereocenters. The minimum Gasteiger partial charge on any atom is -0.374 e. The Labute approximate surface area is 80.9 Å². The van der Waals surface area contributed by atoms with Gasteiger partial charge in [-0.2, -0.15) is 0 Å². The molecule has 1 aliphatic rings. The van der Waals surface area contributed by atoms with Crippen molar-refractivity contribution in [1.29, 1.82) is 0 Å². The number of hydrogen-bond acceptors (Lipinski definition) is 2. The molecule has 1 rings (SSSR count). The van der Waals surface area contributed by atoms with Crippen LogP contribution in [-0.4, -0.2) is 24.4 Å². The summed E-state index contributed by atoms with van der Waals surface area (Å²) in [5.74, 6) is 0. The number of rotatable bonds is 5. The van der Waals surface area contributed by atoms with Gasteiger partial charge in [0.1, 0.15) is 0 Å². The molecule has 0 radical (unpaired) electrons. The molecule has 13 heavy (non-hydrogen) atoms. The van der Waals surface area contributed by atoms with Gasteiger partial charge in [-0.3, -0.25) is 0 Å². The molecular weight excluding hydrogens is 164 g/mol. The third kappa shape index (κ3) is 2.55. The van der Waals surface area contributed by atoms with E-state index in [0.29, 0.717) is 6.10 Å². The predicted molar refractivity (Wildman–Crippen MR) is 53.8 cm³/mol. The van der Waals surface area contributed by atoms with E-state index in [2.05, 4.69) is 27.4 Å². The highest BCUT2D eigenvalue weighted by atomic mass is 16.6. The number of methoxy groups -OCH3 is 1. The lowest BCUT2D eigenvalue weighted by Crippen LogP contribution is -2.24. The first-order chi connectivity index (χ1) is 5.93. The maximum Gasteiger partial charge on any atom is 0.0892 e. The lowest BCUT2D eigenvalue weighted by molar-refractivity contribution is 0.0383. The van der Waals surface area contributed by atoms with Crippen LogP contribution in [0.15, 0.2) is 12.7 Å². The molecular formula is C11H20O2. The summed E-state index contributed by atoms with van der Waals surface area (Å²) in [7, 11) is 1.72. The first-order valence-corrected chi connectivity index (χ1v) is 4.80. The fourth-order valence-corrected chi connectivity index (χ4v) is 1.44. The van der Waals surface area contributed by atoms with Crippen molar-refractivity contribution in [2.45, 2.75) is 50.9 Å². The second-order valence-electron chi connectivity index (χ2n) is 4.47. The minimum atomic E-state index is -0.192. The Bertz CT molecular complexity index is 198. The molecule has 1 heterocycles. The van der Waals surface area contributed by atoms with Crippen LogP contribution in [0.3, 0.4) is 0 Å². The van der Waals surface area contributed by atoms with Gasteiger partial charge in [-0.15, -0.1) is 6.58 Å². The van der Waals surface area contributed by atoms with Crippen LogP contribution in [0.5, 0.6) is 0 Å². The number of ether oxygens (including phenoxy) is 2. The van der Waals surface area contributed by atoms with Gasteiger partial charge in [-0.05, 0) is 33.6 Å². The average molecular weight is 184 g/mol. The van der Waals surface area contributed by atoms with Crippen molar-refractivity contribution in [3.8, 4) is 0 Å². The van der Waals surface area contributed by atoms with Crippen LogP contribution < -0.4 is 0 Å². The standard InChI is InChI=1S/C11H20O2/c1-6-11(4,12-5)8-7-9-10(2,3)13-9/h6,9H,1,7-8H2,2-5H3. The molecule has 0 N–H and O–H groups in total. The molecule has 2 nitrogen and oxygen atoms in total. The van der Waals surface area contributed by atoms with Crippen molar-refractivity contribution in [1.82, 2.24) is 0 Å². The lowest BCUT2D eigenvalue weighted by atomic mass is 9.96. The molecule has 1 saturated heterocycles. The summed E-state index contributed by atoms with van der Waals surface area (Å²) in [5.41, 5.74) is -0.0994. The van der Waals surface area contributed by atoms with Gasteiger partial charge in [0.05, 0.1) is 17.3 Å². The molecule has 1 aliphatic heterocycles. The third-order valence-corrected chi connectivity index (χ3v) is 2.97. The largest absolute Gasteiger partial charge is 0.374 e. The Balaban J connectivity index is 2.30. The van der Waals surface area contributed by atoms with Gasteiger partial charge < -0.3 is 9.47 Å². The third-order valence-electron chi connectivity index (χ3n) is 2.97. The maximum atomic E-state index is 5.50. The molecule has 76 valence electrons. The smallest absolute Gasteiger partial charge is 0.0892 e. The van der Waals surface area contributed by atoms with Crippen molar-refractivity contribution in [3.05, 3.63) is 12.7 Å². The van der Waals surface area contributed by atoms with Gasteiger partial charge in [0.25, 0.3) is 0 Å². The summed E-state index contributed by atoms with van der Waals surface area (Å²) in [6.45, 7) is 10.1. The lowest BCUT2D eigenvalue weighted by Gasteiger charge is -2.23. The Morgan fingerprint density at radius 2 is 2.15 bits per heavy atom. The predicted octanol–water partition coefficient (Wildman–Crippen LogP) is 2.54. The molecule has 1 fully saturated rings. The second kappa shape index (κ2) is 3.43. The monoisotopic (exact) mass is 184 g/mol. The molecule has 0 aliphatic carbocycles. The minimum absolute atomic E-state index is 0.0931. The number of epoxide rings is 1. The van der Waals surface area contributed by atoms with E-state index in [9.17, 15) is 0 Å². The highest BCUT2D eigenvalue weighted by Crippen LogP contribution is 2.39. The molecule has 0 aromatic heterocycles. The molecule has 2 atom stereocenters.